The summed E-state index contributed by atoms with van der Waals surface area (Å²) < 4.78 is 10.8. The van der Waals surface area contributed by atoms with Gasteiger partial charge in [0.25, 0.3) is 0 Å². The summed E-state index contributed by atoms with van der Waals surface area (Å²) in [5, 5.41) is 1.98. The number of hydrogen-bond acceptors (Lipinski definition) is 4. The number of carbonyl (C=O) groups is 2. The van der Waals surface area contributed by atoms with Gasteiger partial charge < -0.3 is 19.5 Å². The van der Waals surface area contributed by atoms with E-state index in [0.29, 0.717) is 22.5 Å². The van der Waals surface area contributed by atoms with Gasteiger partial charge >= 0.3 is 5.97 Å². The number of hydrogen-bond donors (Lipinski definition) is 2. The number of H-pyrrole nitrogens is 1. The molecule has 3 N–H and O–H groups in total. The van der Waals surface area contributed by atoms with Crippen molar-refractivity contribution in [2.75, 3.05) is 6.61 Å². The molecule has 29 heavy (non-hydrogen) atoms. The molecule has 0 unspecified atom stereocenters. The maximum Gasteiger partial charge on any atom is 0.340 e. The van der Waals surface area contributed by atoms with Crippen molar-refractivity contribution in [3.63, 3.8) is 0 Å². The second-order valence-corrected chi connectivity index (χ2v) is 7.09. The number of rotatable bonds is 8. The van der Waals surface area contributed by atoms with E-state index in [4.69, 9.17) is 9.15 Å². The zero-order valence-electron chi connectivity index (χ0n) is 17.2. The SMILES string of the molecule is CCOC(=O)c1c(C)[nH]c(C(=O)[C@@H](C)[NH2+][C@@H](c2ccccc2)c2ccco2)c1C. The lowest BCUT2D eigenvalue weighted by atomic mass is 10.0. The molecule has 0 saturated heterocycles. The van der Waals surface area contributed by atoms with Gasteiger partial charge in [-0.3, -0.25) is 4.79 Å². The van der Waals surface area contributed by atoms with Crippen LogP contribution in [0.4, 0.5) is 0 Å². The third kappa shape index (κ3) is 4.32. The second kappa shape index (κ2) is 8.92. The number of esters is 1. The fourth-order valence-corrected chi connectivity index (χ4v) is 3.61. The minimum atomic E-state index is -0.410. The van der Waals surface area contributed by atoms with Crippen LogP contribution >= 0.6 is 0 Å². The van der Waals surface area contributed by atoms with Crippen molar-refractivity contribution in [3.8, 4) is 0 Å². The van der Waals surface area contributed by atoms with Crippen LogP contribution in [0.5, 0.6) is 0 Å². The van der Waals surface area contributed by atoms with E-state index >= 15 is 0 Å². The largest absolute Gasteiger partial charge is 0.463 e. The molecular weight excluding hydrogens is 368 g/mol. The van der Waals surface area contributed by atoms with Crippen LogP contribution in [-0.2, 0) is 4.74 Å². The van der Waals surface area contributed by atoms with Crippen LogP contribution < -0.4 is 5.32 Å². The van der Waals surface area contributed by atoms with Gasteiger partial charge in [0.1, 0.15) is 6.04 Å². The lowest BCUT2D eigenvalue weighted by Crippen LogP contribution is -2.92. The number of aryl methyl sites for hydroxylation is 1. The number of nitrogens with two attached hydrogens (primary N) is 1. The highest BCUT2D eigenvalue weighted by atomic mass is 16.5. The number of quaternary nitrogens is 1. The van der Waals surface area contributed by atoms with Gasteiger partial charge in [-0.05, 0) is 45.4 Å². The number of aromatic amines is 1. The Morgan fingerprint density at radius 1 is 1.14 bits per heavy atom. The zero-order valence-corrected chi connectivity index (χ0v) is 17.2. The van der Waals surface area contributed by atoms with Crippen molar-refractivity contribution in [3.05, 3.63) is 82.6 Å². The predicted octanol–water partition coefficient (Wildman–Crippen LogP) is 3.33. The number of nitrogens with one attached hydrogen (secondary N) is 1. The number of Topliss-reactive ketones (excluding diaryl/α,β-unsaturated/α-hetero) is 1. The minimum Gasteiger partial charge on any atom is -0.463 e. The smallest absolute Gasteiger partial charge is 0.340 e. The van der Waals surface area contributed by atoms with Crippen molar-refractivity contribution >= 4 is 11.8 Å². The summed E-state index contributed by atoms with van der Waals surface area (Å²) in [6.07, 6.45) is 1.63. The highest BCUT2D eigenvalue weighted by Crippen LogP contribution is 2.22. The van der Waals surface area contributed by atoms with Crippen molar-refractivity contribution in [1.82, 2.24) is 4.98 Å². The second-order valence-electron chi connectivity index (χ2n) is 7.09. The molecule has 0 bridgehead atoms. The van der Waals surface area contributed by atoms with Crippen molar-refractivity contribution in [2.45, 2.75) is 39.8 Å². The van der Waals surface area contributed by atoms with E-state index in [-0.39, 0.29) is 18.4 Å². The van der Waals surface area contributed by atoms with Crippen LogP contribution in [0.15, 0.2) is 53.1 Å². The van der Waals surface area contributed by atoms with Gasteiger partial charge in [-0.1, -0.05) is 30.3 Å². The molecular formula is C23H27N2O4+. The monoisotopic (exact) mass is 395 g/mol. The first-order chi connectivity index (χ1) is 13.9. The van der Waals surface area contributed by atoms with E-state index in [2.05, 4.69) is 4.98 Å². The summed E-state index contributed by atoms with van der Waals surface area (Å²) in [7, 11) is 0. The molecule has 2 aromatic heterocycles. The van der Waals surface area contributed by atoms with Gasteiger partial charge in [0, 0.05) is 11.3 Å². The Hall–Kier alpha value is -3.12. The Kier molecular flexibility index (Phi) is 6.34. The zero-order chi connectivity index (χ0) is 21.0. The fourth-order valence-electron chi connectivity index (χ4n) is 3.61. The molecule has 6 nitrogen and oxygen atoms in total. The average molecular weight is 395 g/mol. The molecule has 3 rings (SSSR count). The highest BCUT2D eigenvalue weighted by Gasteiger charge is 2.31. The number of aromatic nitrogens is 1. The Morgan fingerprint density at radius 2 is 1.86 bits per heavy atom. The predicted molar refractivity (Wildman–Crippen MR) is 109 cm³/mol. The number of furan rings is 1. The van der Waals surface area contributed by atoms with Crippen LogP contribution in [0, 0.1) is 13.8 Å². The van der Waals surface area contributed by atoms with E-state index in [0.717, 1.165) is 11.3 Å². The Bertz CT molecular complexity index is 974. The van der Waals surface area contributed by atoms with Crippen LogP contribution in [0.25, 0.3) is 0 Å². The summed E-state index contributed by atoms with van der Waals surface area (Å²) in [6.45, 7) is 7.47. The van der Waals surface area contributed by atoms with E-state index in [9.17, 15) is 9.59 Å². The quantitative estimate of drug-likeness (QED) is 0.452. The third-order valence-electron chi connectivity index (χ3n) is 5.07. The molecule has 0 aliphatic carbocycles. The number of benzene rings is 1. The maximum atomic E-state index is 13.2. The van der Waals surface area contributed by atoms with Crippen LogP contribution in [0.2, 0.25) is 0 Å². The van der Waals surface area contributed by atoms with E-state index < -0.39 is 12.0 Å². The molecule has 1 aromatic carbocycles. The number of ether oxygens (including phenoxy) is 1. The van der Waals surface area contributed by atoms with E-state index in [1.165, 1.54) is 0 Å². The van der Waals surface area contributed by atoms with Crippen LogP contribution in [-0.4, -0.2) is 29.4 Å². The summed E-state index contributed by atoms with van der Waals surface area (Å²) in [4.78, 5) is 28.5. The molecule has 0 radical (unpaired) electrons. The standard InChI is InChI=1S/C23H26N2O4/c1-5-28-23(27)19-14(2)20(24-15(19)3)22(26)16(4)25-21(18-12-9-13-29-18)17-10-7-6-8-11-17/h6-13,16,21,24-25H,5H2,1-4H3/p+1/t16-,21+/m1/s1. The van der Waals surface area contributed by atoms with Gasteiger partial charge in [0.2, 0.25) is 5.78 Å². The molecule has 0 fully saturated rings. The van der Waals surface area contributed by atoms with Gasteiger partial charge in [-0.2, -0.15) is 0 Å². The number of carbonyl (C=O) groups excluding carboxylic acids is 2. The molecule has 3 aromatic rings. The molecule has 152 valence electrons. The molecule has 0 aliphatic rings. The maximum absolute atomic E-state index is 13.2. The van der Waals surface area contributed by atoms with Gasteiger partial charge in [0.15, 0.2) is 11.8 Å². The summed E-state index contributed by atoms with van der Waals surface area (Å²) in [5.74, 6) is 0.295. The summed E-state index contributed by atoms with van der Waals surface area (Å²) in [5.41, 5.74) is 3.20. The van der Waals surface area contributed by atoms with Gasteiger partial charge in [0.05, 0.1) is 24.1 Å². The van der Waals surface area contributed by atoms with Gasteiger partial charge in [-0.15, -0.1) is 0 Å². The molecule has 2 atom stereocenters. The lowest BCUT2D eigenvalue weighted by molar-refractivity contribution is -0.705. The number of ketones is 1. The first-order valence-electron chi connectivity index (χ1n) is 9.77. The van der Waals surface area contributed by atoms with Crippen LogP contribution in [0.1, 0.15) is 63.3 Å². The molecule has 6 heteroatoms. The normalized spacial score (nSPS) is 13.1. The summed E-state index contributed by atoms with van der Waals surface area (Å²) in [6, 6.07) is 13.1. The Balaban J connectivity index is 1.86. The molecule has 0 spiro atoms. The van der Waals surface area contributed by atoms with Gasteiger partial charge in [-0.25, -0.2) is 4.79 Å². The van der Waals surface area contributed by atoms with Crippen molar-refractivity contribution < 1.29 is 24.1 Å². The van der Waals surface area contributed by atoms with E-state index in [1.54, 1.807) is 27.0 Å². The Morgan fingerprint density at radius 3 is 2.48 bits per heavy atom. The van der Waals surface area contributed by atoms with E-state index in [1.807, 2.05) is 54.7 Å². The van der Waals surface area contributed by atoms with Crippen molar-refractivity contribution in [2.24, 2.45) is 0 Å². The summed E-state index contributed by atoms with van der Waals surface area (Å²) >= 11 is 0. The topological polar surface area (TPSA) is 88.9 Å². The fraction of sp³-hybridized carbons (Fsp3) is 0.304. The first-order valence-corrected chi connectivity index (χ1v) is 9.77. The van der Waals surface area contributed by atoms with Crippen LogP contribution in [0.3, 0.4) is 0 Å². The first kappa shape index (κ1) is 20.6. The minimum absolute atomic E-state index is 0.0753. The molecule has 0 aliphatic heterocycles. The Labute approximate surface area is 170 Å². The van der Waals surface area contributed by atoms with Crippen molar-refractivity contribution in [1.29, 1.82) is 0 Å². The lowest BCUT2D eigenvalue weighted by Gasteiger charge is -2.18. The molecule has 0 saturated carbocycles. The molecule has 2 heterocycles. The average Bonchev–Trinajstić information content (AvgIpc) is 3.34. The highest BCUT2D eigenvalue weighted by molar-refractivity contribution is 6.03. The third-order valence-corrected chi connectivity index (χ3v) is 5.07. The molecule has 0 amide bonds.